The van der Waals surface area contributed by atoms with Gasteiger partial charge in [-0.2, -0.15) is 5.10 Å². The van der Waals surface area contributed by atoms with E-state index in [0.717, 1.165) is 31.4 Å². The zero-order valence-corrected chi connectivity index (χ0v) is 13.7. The molecule has 1 aliphatic rings. The van der Waals surface area contributed by atoms with Crippen LogP contribution in [0.15, 0.2) is 47.6 Å². The molecule has 1 aromatic heterocycles. The van der Waals surface area contributed by atoms with E-state index in [2.05, 4.69) is 9.82 Å². The van der Waals surface area contributed by atoms with E-state index in [4.69, 9.17) is 5.73 Å². The van der Waals surface area contributed by atoms with Crippen LogP contribution in [0.1, 0.15) is 25.7 Å². The number of para-hydroxylation sites is 1. The van der Waals surface area contributed by atoms with Crippen molar-refractivity contribution in [3.8, 4) is 5.69 Å². The van der Waals surface area contributed by atoms with Crippen molar-refractivity contribution in [2.75, 3.05) is 6.54 Å². The Hall–Kier alpha value is -1.70. The van der Waals surface area contributed by atoms with Crippen LogP contribution in [-0.4, -0.2) is 30.8 Å². The fourth-order valence-corrected chi connectivity index (χ4v) is 4.35. The lowest BCUT2D eigenvalue weighted by atomic mass is 9.85. The first-order chi connectivity index (χ1) is 11.1. The van der Waals surface area contributed by atoms with Gasteiger partial charge in [-0.1, -0.05) is 31.0 Å². The van der Waals surface area contributed by atoms with Crippen molar-refractivity contribution in [1.82, 2.24) is 14.5 Å². The molecule has 0 aliphatic heterocycles. The molecule has 2 unspecified atom stereocenters. The van der Waals surface area contributed by atoms with Gasteiger partial charge in [0.1, 0.15) is 4.90 Å². The molecule has 2 atom stereocenters. The minimum atomic E-state index is -3.58. The van der Waals surface area contributed by atoms with Gasteiger partial charge in [0.05, 0.1) is 18.1 Å². The predicted octanol–water partition coefficient (Wildman–Crippen LogP) is 1.67. The van der Waals surface area contributed by atoms with Crippen LogP contribution >= 0.6 is 0 Å². The van der Waals surface area contributed by atoms with Gasteiger partial charge in [0.15, 0.2) is 0 Å². The number of nitrogens with one attached hydrogen (secondary N) is 1. The molecule has 23 heavy (non-hydrogen) atoms. The molecule has 0 bridgehead atoms. The van der Waals surface area contributed by atoms with Crippen LogP contribution in [0.2, 0.25) is 0 Å². The van der Waals surface area contributed by atoms with Gasteiger partial charge in [-0.15, -0.1) is 0 Å². The van der Waals surface area contributed by atoms with E-state index in [-0.39, 0.29) is 16.9 Å². The van der Waals surface area contributed by atoms with Gasteiger partial charge in [-0.05, 0) is 37.4 Å². The average molecular weight is 334 g/mol. The highest BCUT2D eigenvalue weighted by atomic mass is 32.2. The second kappa shape index (κ2) is 6.82. The van der Waals surface area contributed by atoms with Gasteiger partial charge >= 0.3 is 0 Å². The van der Waals surface area contributed by atoms with Crippen molar-refractivity contribution in [3.63, 3.8) is 0 Å². The number of nitrogens with zero attached hydrogens (tertiary/aromatic N) is 2. The summed E-state index contributed by atoms with van der Waals surface area (Å²) in [4.78, 5) is 0.183. The van der Waals surface area contributed by atoms with E-state index in [0.29, 0.717) is 6.54 Å². The fourth-order valence-electron chi connectivity index (χ4n) is 3.08. The first kappa shape index (κ1) is 16.2. The number of hydrogen-bond donors (Lipinski definition) is 2. The standard InChI is InChI=1S/C16H22N4O2S/c17-10-13-6-4-5-9-16(13)19-23(21,22)15-11-18-20(12-15)14-7-2-1-3-8-14/h1-3,7-8,11-13,16,19H,4-6,9-10,17H2. The number of benzene rings is 1. The Morgan fingerprint density at radius 1 is 1.22 bits per heavy atom. The lowest BCUT2D eigenvalue weighted by Crippen LogP contribution is -2.44. The zero-order chi connectivity index (χ0) is 16.3. The number of sulfonamides is 1. The highest BCUT2D eigenvalue weighted by molar-refractivity contribution is 7.89. The third-order valence-electron chi connectivity index (χ3n) is 4.41. The molecule has 1 aliphatic carbocycles. The average Bonchev–Trinajstić information content (AvgIpc) is 3.07. The minimum Gasteiger partial charge on any atom is -0.330 e. The molecule has 1 heterocycles. The van der Waals surface area contributed by atoms with Crippen LogP contribution in [0.3, 0.4) is 0 Å². The number of rotatable bonds is 5. The molecule has 0 spiro atoms. The highest BCUT2D eigenvalue weighted by Crippen LogP contribution is 2.25. The molecule has 0 radical (unpaired) electrons. The minimum absolute atomic E-state index is 0.0844. The molecule has 0 saturated heterocycles. The molecule has 1 aromatic carbocycles. The SMILES string of the molecule is NCC1CCCCC1NS(=O)(=O)c1cnn(-c2ccccc2)c1. The summed E-state index contributed by atoms with van der Waals surface area (Å²) >= 11 is 0. The second-order valence-corrected chi connectivity index (χ2v) is 7.68. The molecule has 7 heteroatoms. The van der Waals surface area contributed by atoms with Crippen molar-refractivity contribution in [2.24, 2.45) is 11.7 Å². The third-order valence-corrected chi connectivity index (χ3v) is 5.85. The van der Waals surface area contributed by atoms with Crippen molar-refractivity contribution in [2.45, 2.75) is 36.6 Å². The maximum atomic E-state index is 12.6. The van der Waals surface area contributed by atoms with Gasteiger partial charge in [-0.25, -0.2) is 17.8 Å². The molecule has 0 amide bonds. The zero-order valence-electron chi connectivity index (χ0n) is 12.9. The van der Waals surface area contributed by atoms with E-state index >= 15 is 0 Å². The van der Waals surface area contributed by atoms with Crippen molar-refractivity contribution < 1.29 is 8.42 Å². The third kappa shape index (κ3) is 3.63. The fraction of sp³-hybridized carbons (Fsp3) is 0.438. The van der Waals surface area contributed by atoms with Gasteiger partial charge in [0, 0.05) is 6.04 Å². The van der Waals surface area contributed by atoms with Crippen LogP contribution in [0.4, 0.5) is 0 Å². The summed E-state index contributed by atoms with van der Waals surface area (Å²) in [6.07, 6.45) is 6.90. The lowest BCUT2D eigenvalue weighted by molar-refractivity contribution is 0.296. The molecular formula is C16H22N4O2S. The van der Waals surface area contributed by atoms with Crippen LogP contribution in [0.25, 0.3) is 5.69 Å². The molecule has 1 fully saturated rings. The van der Waals surface area contributed by atoms with Crippen molar-refractivity contribution >= 4 is 10.0 Å². The topological polar surface area (TPSA) is 90.0 Å². The predicted molar refractivity (Wildman–Crippen MR) is 88.7 cm³/mol. The van der Waals surface area contributed by atoms with Gasteiger partial charge < -0.3 is 5.73 Å². The summed E-state index contributed by atoms with van der Waals surface area (Å²) in [7, 11) is -3.58. The quantitative estimate of drug-likeness (QED) is 0.870. The Morgan fingerprint density at radius 2 is 1.96 bits per heavy atom. The largest absolute Gasteiger partial charge is 0.330 e. The monoisotopic (exact) mass is 334 g/mol. The van der Waals surface area contributed by atoms with Crippen molar-refractivity contribution in [3.05, 3.63) is 42.7 Å². The number of nitrogens with two attached hydrogens (primary N) is 1. The first-order valence-electron chi connectivity index (χ1n) is 7.92. The summed E-state index contributed by atoms with van der Waals surface area (Å²) < 4.78 is 29.6. The van der Waals surface area contributed by atoms with Crippen LogP contribution in [0, 0.1) is 5.92 Å². The first-order valence-corrected chi connectivity index (χ1v) is 9.41. The summed E-state index contributed by atoms with van der Waals surface area (Å²) in [6.45, 7) is 0.510. The van der Waals surface area contributed by atoms with E-state index in [1.165, 1.54) is 12.4 Å². The maximum Gasteiger partial charge on any atom is 0.243 e. The van der Waals surface area contributed by atoms with Crippen LogP contribution < -0.4 is 10.5 Å². The van der Waals surface area contributed by atoms with Gasteiger partial charge in [0.2, 0.25) is 10.0 Å². The number of hydrogen-bond acceptors (Lipinski definition) is 4. The van der Waals surface area contributed by atoms with E-state index in [1.54, 1.807) is 4.68 Å². The van der Waals surface area contributed by atoms with Crippen molar-refractivity contribution in [1.29, 1.82) is 0 Å². The smallest absolute Gasteiger partial charge is 0.243 e. The molecule has 3 N–H and O–H groups in total. The Balaban J connectivity index is 1.79. The molecular weight excluding hydrogens is 312 g/mol. The summed E-state index contributed by atoms with van der Waals surface area (Å²) in [6, 6.07) is 9.35. The van der Waals surface area contributed by atoms with E-state index in [1.807, 2.05) is 30.3 Å². The Kier molecular flexibility index (Phi) is 4.79. The Morgan fingerprint density at radius 3 is 2.70 bits per heavy atom. The van der Waals surface area contributed by atoms with E-state index < -0.39 is 10.0 Å². The summed E-state index contributed by atoms with van der Waals surface area (Å²) in [5, 5.41) is 4.16. The van der Waals surface area contributed by atoms with Crippen LogP contribution in [0.5, 0.6) is 0 Å². The Labute approximate surface area is 136 Å². The molecule has 124 valence electrons. The Bertz CT molecular complexity index is 742. The number of aromatic nitrogens is 2. The van der Waals surface area contributed by atoms with Gasteiger partial charge in [0.25, 0.3) is 0 Å². The highest BCUT2D eigenvalue weighted by Gasteiger charge is 2.29. The molecule has 6 nitrogen and oxygen atoms in total. The normalized spacial score (nSPS) is 22.1. The summed E-state index contributed by atoms with van der Waals surface area (Å²) in [5.74, 6) is 0.211. The molecule has 2 aromatic rings. The van der Waals surface area contributed by atoms with Crippen LogP contribution in [-0.2, 0) is 10.0 Å². The van der Waals surface area contributed by atoms with E-state index in [9.17, 15) is 8.42 Å². The second-order valence-electron chi connectivity index (χ2n) is 5.96. The maximum absolute atomic E-state index is 12.6. The van der Waals surface area contributed by atoms with Gasteiger partial charge in [-0.3, -0.25) is 0 Å². The lowest BCUT2D eigenvalue weighted by Gasteiger charge is -2.30. The molecule has 1 saturated carbocycles. The summed E-state index contributed by atoms with van der Waals surface area (Å²) in [5.41, 5.74) is 6.61. The molecule has 3 rings (SSSR count).